The van der Waals surface area contributed by atoms with Gasteiger partial charge in [0.05, 0.1) is 10.8 Å². The predicted molar refractivity (Wildman–Crippen MR) is 105 cm³/mol. The minimum atomic E-state index is -3.54. The number of hydrogen-bond donors (Lipinski definition) is 2. The van der Waals surface area contributed by atoms with Crippen LogP contribution in [0.3, 0.4) is 0 Å². The topological polar surface area (TPSA) is 95.6 Å². The zero-order chi connectivity index (χ0) is 20.2. The molecule has 0 aromatic heterocycles. The van der Waals surface area contributed by atoms with Gasteiger partial charge in [-0.2, -0.15) is 0 Å². The summed E-state index contributed by atoms with van der Waals surface area (Å²) in [4.78, 5) is 26.5. The summed E-state index contributed by atoms with van der Waals surface area (Å²) >= 11 is 0. The molecule has 150 valence electrons. The van der Waals surface area contributed by atoms with Crippen LogP contribution in [-0.2, 0) is 19.6 Å². The van der Waals surface area contributed by atoms with Crippen molar-refractivity contribution in [2.45, 2.75) is 57.4 Å². The first-order valence-electron chi connectivity index (χ1n) is 9.25. The van der Waals surface area contributed by atoms with Crippen molar-refractivity contribution in [2.24, 2.45) is 5.92 Å². The summed E-state index contributed by atoms with van der Waals surface area (Å²) in [5, 5.41) is 2.77. The Labute approximate surface area is 161 Å². The van der Waals surface area contributed by atoms with Gasteiger partial charge in [0.1, 0.15) is 0 Å². The number of carbonyl (C=O) groups excluding carboxylic acids is 2. The maximum absolute atomic E-state index is 12.5. The Morgan fingerprint density at radius 2 is 1.85 bits per heavy atom. The number of amides is 2. The molecule has 1 atom stereocenters. The van der Waals surface area contributed by atoms with Gasteiger partial charge >= 0.3 is 0 Å². The number of rotatable bonds is 7. The minimum Gasteiger partial charge on any atom is -0.337 e. The number of likely N-dealkylation sites (tertiary alicyclic amines) is 1. The van der Waals surface area contributed by atoms with Crippen molar-refractivity contribution in [3.63, 3.8) is 0 Å². The molecule has 0 bridgehead atoms. The Hall–Kier alpha value is -1.93. The van der Waals surface area contributed by atoms with E-state index in [2.05, 4.69) is 10.0 Å². The van der Waals surface area contributed by atoms with Crippen molar-refractivity contribution in [3.05, 3.63) is 24.3 Å². The summed E-state index contributed by atoms with van der Waals surface area (Å²) in [6, 6.07) is 6.05. The van der Waals surface area contributed by atoms with E-state index in [-0.39, 0.29) is 28.7 Å². The van der Waals surface area contributed by atoms with Gasteiger partial charge in [-0.25, -0.2) is 13.1 Å². The lowest BCUT2D eigenvalue weighted by Crippen LogP contribution is -2.42. The molecule has 1 aliphatic rings. The lowest BCUT2D eigenvalue weighted by molar-refractivity contribution is -0.131. The fraction of sp³-hybridized carbons (Fsp3) is 0.579. The molecule has 0 radical (unpaired) electrons. The lowest BCUT2D eigenvalue weighted by Gasteiger charge is -2.31. The molecule has 2 rings (SSSR count). The van der Waals surface area contributed by atoms with E-state index in [1.54, 1.807) is 17.0 Å². The number of sulfonamides is 1. The van der Waals surface area contributed by atoms with E-state index < -0.39 is 15.9 Å². The molecule has 2 amide bonds. The number of benzene rings is 1. The minimum absolute atomic E-state index is 0.0257. The number of nitrogens with zero attached hydrogens (tertiary/aromatic N) is 1. The molecular formula is C19H29N3O4S. The molecule has 2 N–H and O–H groups in total. The number of hydrogen-bond acceptors (Lipinski definition) is 4. The molecule has 1 aromatic rings. The van der Waals surface area contributed by atoms with Gasteiger partial charge in [0, 0.05) is 30.7 Å². The van der Waals surface area contributed by atoms with Gasteiger partial charge < -0.3 is 10.2 Å². The Kier molecular flexibility index (Phi) is 6.64. The zero-order valence-electron chi connectivity index (χ0n) is 16.4. The lowest BCUT2D eigenvalue weighted by atomic mass is 10.1. The van der Waals surface area contributed by atoms with Crippen molar-refractivity contribution in [1.29, 1.82) is 0 Å². The van der Waals surface area contributed by atoms with Crippen molar-refractivity contribution >= 4 is 27.5 Å². The van der Waals surface area contributed by atoms with Gasteiger partial charge in [0.25, 0.3) is 0 Å². The molecule has 0 aliphatic carbocycles. The molecule has 1 fully saturated rings. The molecule has 0 saturated carbocycles. The van der Waals surface area contributed by atoms with Crippen LogP contribution in [0.1, 0.15) is 47.0 Å². The highest BCUT2D eigenvalue weighted by molar-refractivity contribution is 7.89. The normalized spacial score (nSPS) is 18.0. The largest absolute Gasteiger partial charge is 0.337 e. The molecule has 1 unspecified atom stereocenters. The molecule has 8 heteroatoms. The first-order valence-corrected chi connectivity index (χ1v) is 10.7. The third-order valence-electron chi connectivity index (χ3n) is 4.56. The van der Waals surface area contributed by atoms with E-state index in [0.29, 0.717) is 18.8 Å². The van der Waals surface area contributed by atoms with Gasteiger partial charge in [0.15, 0.2) is 0 Å². The average Bonchev–Trinajstić information content (AvgIpc) is 2.98. The monoisotopic (exact) mass is 395 g/mol. The summed E-state index contributed by atoms with van der Waals surface area (Å²) < 4.78 is 26.9. The molecule has 1 aliphatic heterocycles. The fourth-order valence-corrected chi connectivity index (χ4v) is 4.03. The van der Waals surface area contributed by atoms with Gasteiger partial charge in [-0.05, 0) is 51.5 Å². The second-order valence-electron chi connectivity index (χ2n) is 7.84. The van der Waals surface area contributed by atoms with E-state index in [4.69, 9.17) is 0 Å². The standard InChI is InChI=1S/C19H29N3O4S/c1-5-6-11-20-27(25,26)16-9-7-15(8-10-16)21-18(24)14-12-17(23)22(13-14)19(2,3)4/h7-10,14,20H,5-6,11-13H2,1-4H3,(H,21,24). The molecular weight excluding hydrogens is 366 g/mol. The maximum atomic E-state index is 12.5. The summed E-state index contributed by atoms with van der Waals surface area (Å²) in [6.07, 6.45) is 1.87. The van der Waals surface area contributed by atoms with Crippen LogP contribution in [-0.4, -0.2) is 43.8 Å². The first-order chi connectivity index (χ1) is 12.5. The van der Waals surface area contributed by atoms with Crippen LogP contribution in [0.4, 0.5) is 5.69 Å². The van der Waals surface area contributed by atoms with Crippen LogP contribution in [0.15, 0.2) is 29.2 Å². The maximum Gasteiger partial charge on any atom is 0.240 e. The third-order valence-corrected chi connectivity index (χ3v) is 6.04. The number of anilines is 1. The van der Waals surface area contributed by atoms with Gasteiger partial charge in [-0.1, -0.05) is 13.3 Å². The van der Waals surface area contributed by atoms with Crippen LogP contribution in [0, 0.1) is 5.92 Å². The third kappa shape index (κ3) is 5.52. The fourth-order valence-electron chi connectivity index (χ4n) is 2.96. The Morgan fingerprint density at radius 3 is 2.37 bits per heavy atom. The number of unbranched alkanes of at least 4 members (excludes halogenated alkanes) is 1. The van der Waals surface area contributed by atoms with Crippen LogP contribution in [0.2, 0.25) is 0 Å². The summed E-state index contributed by atoms with van der Waals surface area (Å²) in [7, 11) is -3.54. The second-order valence-corrected chi connectivity index (χ2v) is 9.61. The highest BCUT2D eigenvalue weighted by Crippen LogP contribution is 2.26. The second kappa shape index (κ2) is 8.39. The van der Waals surface area contributed by atoms with Crippen molar-refractivity contribution in [1.82, 2.24) is 9.62 Å². The Balaban J connectivity index is 1.98. The molecule has 1 heterocycles. The van der Waals surface area contributed by atoms with Crippen LogP contribution < -0.4 is 10.0 Å². The molecule has 1 saturated heterocycles. The summed E-state index contributed by atoms with van der Waals surface area (Å²) in [5.74, 6) is -0.662. The van der Waals surface area contributed by atoms with E-state index in [9.17, 15) is 18.0 Å². The zero-order valence-corrected chi connectivity index (χ0v) is 17.2. The van der Waals surface area contributed by atoms with E-state index in [1.165, 1.54) is 12.1 Å². The van der Waals surface area contributed by atoms with E-state index in [1.807, 2.05) is 27.7 Å². The first kappa shape index (κ1) is 21.4. The van der Waals surface area contributed by atoms with Crippen LogP contribution >= 0.6 is 0 Å². The summed E-state index contributed by atoms with van der Waals surface area (Å²) in [6.45, 7) is 8.61. The SMILES string of the molecule is CCCCNS(=O)(=O)c1ccc(NC(=O)C2CC(=O)N(C(C)(C)C)C2)cc1. The van der Waals surface area contributed by atoms with Crippen molar-refractivity contribution in [3.8, 4) is 0 Å². The molecule has 27 heavy (non-hydrogen) atoms. The molecule has 0 spiro atoms. The number of nitrogens with one attached hydrogen (secondary N) is 2. The quantitative estimate of drug-likeness (QED) is 0.693. The van der Waals surface area contributed by atoms with E-state index >= 15 is 0 Å². The van der Waals surface area contributed by atoms with Crippen LogP contribution in [0.5, 0.6) is 0 Å². The Morgan fingerprint density at radius 1 is 1.22 bits per heavy atom. The highest BCUT2D eigenvalue weighted by Gasteiger charge is 2.39. The number of carbonyl (C=O) groups is 2. The van der Waals surface area contributed by atoms with Crippen LogP contribution in [0.25, 0.3) is 0 Å². The highest BCUT2D eigenvalue weighted by atomic mass is 32.2. The van der Waals surface area contributed by atoms with Crippen molar-refractivity contribution in [2.75, 3.05) is 18.4 Å². The van der Waals surface area contributed by atoms with E-state index in [0.717, 1.165) is 12.8 Å². The predicted octanol–water partition coefficient (Wildman–Crippen LogP) is 2.35. The van der Waals surface area contributed by atoms with Crippen molar-refractivity contribution < 1.29 is 18.0 Å². The molecule has 1 aromatic carbocycles. The van der Waals surface area contributed by atoms with Gasteiger partial charge in [-0.3, -0.25) is 9.59 Å². The average molecular weight is 396 g/mol. The smallest absolute Gasteiger partial charge is 0.240 e. The summed E-state index contributed by atoms with van der Waals surface area (Å²) in [5.41, 5.74) is 0.196. The molecule has 7 nitrogen and oxygen atoms in total. The van der Waals surface area contributed by atoms with Gasteiger partial charge in [-0.15, -0.1) is 0 Å². The Bertz CT molecular complexity index is 782. The van der Waals surface area contributed by atoms with Gasteiger partial charge in [0.2, 0.25) is 21.8 Å².